The van der Waals surface area contributed by atoms with Gasteiger partial charge in [-0.1, -0.05) is 43.2 Å². The minimum atomic E-state index is -1.39. The molecule has 1 aliphatic carbocycles. The van der Waals surface area contributed by atoms with Gasteiger partial charge in [0.1, 0.15) is 6.04 Å². The first-order valence-corrected chi connectivity index (χ1v) is 12.1. The Labute approximate surface area is 203 Å². The number of hydrogen-bond acceptors (Lipinski definition) is 6. The fourth-order valence-corrected chi connectivity index (χ4v) is 4.82. The lowest BCUT2D eigenvalue weighted by Crippen LogP contribution is -2.55. The average molecular weight is 482 g/mol. The van der Waals surface area contributed by atoms with Crippen LogP contribution in [0.15, 0.2) is 42.5 Å². The quantitative estimate of drug-likeness (QED) is 0.445. The molecule has 0 spiro atoms. The van der Waals surface area contributed by atoms with Gasteiger partial charge in [0.05, 0.1) is 12.3 Å². The van der Waals surface area contributed by atoms with Gasteiger partial charge in [0.15, 0.2) is 0 Å². The third-order valence-electron chi connectivity index (χ3n) is 6.72. The molecule has 4 atom stereocenters. The largest absolute Gasteiger partial charge is 0.434 e. The normalized spacial score (nSPS) is 24.2. The molecule has 1 unspecified atom stereocenters. The monoisotopic (exact) mass is 481 g/mol. The van der Waals surface area contributed by atoms with Crippen LogP contribution in [-0.2, 0) is 19.1 Å². The van der Waals surface area contributed by atoms with Crippen molar-refractivity contribution in [2.45, 2.75) is 64.3 Å². The highest BCUT2D eigenvalue weighted by Gasteiger charge is 2.42. The second kappa shape index (κ2) is 10.4. The number of aliphatic hydroxyl groups excluding tert-OH is 1. The summed E-state index contributed by atoms with van der Waals surface area (Å²) < 4.78 is 4.70. The number of amides is 3. The van der Waals surface area contributed by atoms with Crippen LogP contribution in [0.25, 0.3) is 10.8 Å². The zero-order valence-corrected chi connectivity index (χ0v) is 19.9. The van der Waals surface area contributed by atoms with E-state index in [1.54, 1.807) is 26.0 Å². The molecule has 1 saturated heterocycles. The zero-order chi connectivity index (χ0) is 25.1. The number of rotatable bonds is 5. The van der Waals surface area contributed by atoms with Gasteiger partial charge in [0.2, 0.25) is 18.1 Å². The third-order valence-corrected chi connectivity index (χ3v) is 6.72. The van der Waals surface area contributed by atoms with Gasteiger partial charge >= 0.3 is 5.97 Å². The van der Waals surface area contributed by atoms with Crippen LogP contribution >= 0.6 is 0 Å². The summed E-state index contributed by atoms with van der Waals surface area (Å²) in [6, 6.07) is 11.9. The summed E-state index contributed by atoms with van der Waals surface area (Å²) in [5, 5.41) is 15.7. The molecular weight excluding hydrogens is 450 g/mol. The molecule has 1 heterocycles. The van der Waals surface area contributed by atoms with Gasteiger partial charge in [0.25, 0.3) is 5.91 Å². The van der Waals surface area contributed by atoms with E-state index in [9.17, 15) is 24.3 Å². The lowest BCUT2D eigenvalue weighted by molar-refractivity contribution is -0.156. The van der Waals surface area contributed by atoms with Gasteiger partial charge in [-0.2, -0.15) is 0 Å². The number of ether oxygens (including phenoxy) is 1. The molecule has 1 aliphatic heterocycles. The number of carbonyl (C=O) groups excluding carboxylic acids is 4. The van der Waals surface area contributed by atoms with Crippen molar-refractivity contribution >= 4 is 34.5 Å². The second-order valence-electron chi connectivity index (χ2n) is 9.50. The van der Waals surface area contributed by atoms with Gasteiger partial charge in [-0.3, -0.25) is 29.6 Å². The Morgan fingerprint density at radius 1 is 1.03 bits per heavy atom. The topological polar surface area (TPSA) is 125 Å². The molecule has 186 valence electrons. The van der Waals surface area contributed by atoms with Crippen LogP contribution < -0.4 is 10.7 Å². The third kappa shape index (κ3) is 5.45. The maximum atomic E-state index is 13.6. The smallest absolute Gasteiger partial charge is 0.310 e. The molecule has 3 amide bonds. The molecule has 2 aromatic rings. The highest BCUT2D eigenvalue weighted by atomic mass is 16.6. The Morgan fingerprint density at radius 2 is 1.71 bits per heavy atom. The number of esters is 1. The van der Waals surface area contributed by atoms with Crippen molar-refractivity contribution in [1.29, 1.82) is 0 Å². The molecule has 2 aliphatic rings. The Bertz CT molecular complexity index is 1130. The standard InChI is InChI=1S/C26H31N3O6/c1-15(2)29(28-23(31)18-12-11-16-7-3-4-8-17(16)13-18)25(33)20-10-6-5-9-19(20)24(32)27-21-14-22(30)35-26(21)34/h3-4,7-8,11-13,15,19-21,26,34H,5-6,9-10,14H2,1-2H3,(H,27,32)(H,28,31)/t19-,20-,21+,26?/m1/s1. The summed E-state index contributed by atoms with van der Waals surface area (Å²) in [6.07, 6.45) is 1.09. The van der Waals surface area contributed by atoms with Crippen molar-refractivity contribution in [2.75, 3.05) is 0 Å². The number of cyclic esters (lactones) is 1. The van der Waals surface area contributed by atoms with E-state index in [0.717, 1.165) is 23.6 Å². The molecule has 0 radical (unpaired) electrons. The van der Waals surface area contributed by atoms with E-state index in [1.807, 2.05) is 30.3 Å². The predicted molar refractivity (Wildman–Crippen MR) is 127 cm³/mol. The van der Waals surface area contributed by atoms with Gasteiger partial charge in [-0.15, -0.1) is 0 Å². The molecular formula is C26H31N3O6. The molecule has 2 fully saturated rings. The van der Waals surface area contributed by atoms with Crippen LogP contribution in [0, 0.1) is 11.8 Å². The lowest BCUT2D eigenvalue weighted by Gasteiger charge is -2.36. The number of nitrogens with one attached hydrogen (secondary N) is 2. The SMILES string of the molecule is CC(C)N(NC(=O)c1ccc2ccccc2c1)C(=O)[C@@H]1CCCC[C@H]1C(=O)N[C@H]1CC(=O)OC1O. The number of nitrogens with zero attached hydrogens (tertiary/aromatic N) is 1. The number of aliphatic hydroxyl groups is 1. The molecule has 9 heteroatoms. The minimum absolute atomic E-state index is 0.113. The molecule has 35 heavy (non-hydrogen) atoms. The highest BCUT2D eigenvalue weighted by molar-refractivity contribution is 5.99. The fourth-order valence-electron chi connectivity index (χ4n) is 4.82. The summed E-state index contributed by atoms with van der Waals surface area (Å²) in [4.78, 5) is 51.1. The number of hydrogen-bond donors (Lipinski definition) is 3. The maximum Gasteiger partial charge on any atom is 0.310 e. The van der Waals surface area contributed by atoms with Crippen LogP contribution in [0.4, 0.5) is 0 Å². The number of hydrazine groups is 1. The number of fused-ring (bicyclic) bond motifs is 1. The molecule has 9 nitrogen and oxygen atoms in total. The second-order valence-corrected chi connectivity index (χ2v) is 9.50. The van der Waals surface area contributed by atoms with E-state index >= 15 is 0 Å². The number of benzene rings is 2. The average Bonchev–Trinajstić information content (AvgIpc) is 3.17. The van der Waals surface area contributed by atoms with E-state index in [4.69, 9.17) is 4.74 Å². The zero-order valence-electron chi connectivity index (χ0n) is 19.9. The first-order valence-electron chi connectivity index (χ1n) is 12.1. The van der Waals surface area contributed by atoms with Crippen molar-refractivity contribution < 1.29 is 29.0 Å². The van der Waals surface area contributed by atoms with Crippen LogP contribution in [0.5, 0.6) is 0 Å². The summed E-state index contributed by atoms with van der Waals surface area (Å²) >= 11 is 0. The Kier molecular flexibility index (Phi) is 7.35. The van der Waals surface area contributed by atoms with Crippen LogP contribution in [0.2, 0.25) is 0 Å². The summed E-state index contributed by atoms with van der Waals surface area (Å²) in [5.41, 5.74) is 3.18. The summed E-state index contributed by atoms with van der Waals surface area (Å²) in [5.74, 6) is -2.96. The van der Waals surface area contributed by atoms with Crippen molar-refractivity contribution in [3.63, 3.8) is 0 Å². The van der Waals surface area contributed by atoms with E-state index in [-0.39, 0.29) is 18.4 Å². The fraction of sp³-hybridized carbons (Fsp3) is 0.462. The maximum absolute atomic E-state index is 13.6. The lowest BCUT2D eigenvalue weighted by atomic mass is 9.77. The van der Waals surface area contributed by atoms with E-state index in [2.05, 4.69) is 10.7 Å². The Morgan fingerprint density at radius 3 is 2.37 bits per heavy atom. The highest BCUT2D eigenvalue weighted by Crippen LogP contribution is 2.32. The number of carbonyl (C=O) groups is 4. The van der Waals surface area contributed by atoms with E-state index in [1.165, 1.54) is 5.01 Å². The van der Waals surface area contributed by atoms with Gasteiger partial charge in [0, 0.05) is 17.5 Å². The molecule has 0 aromatic heterocycles. The molecule has 3 N–H and O–H groups in total. The van der Waals surface area contributed by atoms with Crippen molar-refractivity contribution in [2.24, 2.45) is 11.8 Å². The Balaban J connectivity index is 1.48. The minimum Gasteiger partial charge on any atom is -0.434 e. The van der Waals surface area contributed by atoms with Crippen LogP contribution in [0.1, 0.15) is 56.3 Å². The van der Waals surface area contributed by atoms with Gasteiger partial charge in [-0.25, -0.2) is 0 Å². The van der Waals surface area contributed by atoms with Crippen LogP contribution in [-0.4, -0.2) is 52.2 Å². The molecule has 2 aromatic carbocycles. The first kappa shape index (κ1) is 24.7. The Hall–Kier alpha value is -3.46. The molecule has 1 saturated carbocycles. The van der Waals surface area contributed by atoms with E-state index < -0.39 is 42.0 Å². The predicted octanol–water partition coefficient (Wildman–Crippen LogP) is 2.28. The van der Waals surface area contributed by atoms with E-state index in [0.29, 0.717) is 18.4 Å². The molecule has 0 bridgehead atoms. The van der Waals surface area contributed by atoms with Crippen molar-refractivity contribution in [3.8, 4) is 0 Å². The van der Waals surface area contributed by atoms with Gasteiger partial charge in [-0.05, 0) is 49.6 Å². The molecule has 4 rings (SSSR count). The van der Waals surface area contributed by atoms with Crippen LogP contribution in [0.3, 0.4) is 0 Å². The summed E-state index contributed by atoms with van der Waals surface area (Å²) in [7, 11) is 0. The van der Waals surface area contributed by atoms with Crippen molar-refractivity contribution in [1.82, 2.24) is 15.8 Å². The van der Waals surface area contributed by atoms with Gasteiger partial charge < -0.3 is 15.2 Å². The summed E-state index contributed by atoms with van der Waals surface area (Å²) in [6.45, 7) is 3.60. The van der Waals surface area contributed by atoms with Crippen molar-refractivity contribution in [3.05, 3.63) is 48.0 Å². The first-order chi connectivity index (χ1) is 16.7.